The van der Waals surface area contributed by atoms with E-state index in [-0.39, 0.29) is 36.0 Å². The van der Waals surface area contributed by atoms with E-state index in [1.807, 2.05) is 0 Å². The zero-order chi connectivity index (χ0) is 19.6. The third-order valence-electron chi connectivity index (χ3n) is 4.25. The predicted octanol–water partition coefficient (Wildman–Crippen LogP) is 0.247. The Bertz CT molecular complexity index is 780. The van der Waals surface area contributed by atoms with Crippen LogP contribution in [-0.2, 0) is 25.4 Å². The number of fused-ring (bicyclic) bond motifs is 1. The van der Waals surface area contributed by atoms with Crippen LogP contribution < -0.4 is 9.97 Å². The summed E-state index contributed by atoms with van der Waals surface area (Å²) >= 11 is 0. The number of para-hydroxylation sites is 1. The molecule has 2 atom stereocenters. The van der Waals surface area contributed by atoms with Crippen molar-refractivity contribution in [3.63, 3.8) is 0 Å². The molecule has 0 radical (unpaired) electrons. The van der Waals surface area contributed by atoms with Crippen molar-refractivity contribution in [2.75, 3.05) is 6.61 Å². The molecule has 2 heterocycles. The first kappa shape index (κ1) is 19.1. The Morgan fingerprint density at radius 2 is 2.15 bits per heavy atom. The van der Waals surface area contributed by atoms with Crippen LogP contribution in [0.15, 0.2) is 29.7 Å². The lowest BCUT2D eigenvalue weighted by molar-refractivity contribution is -0.194. The lowest BCUT2D eigenvalue weighted by atomic mass is 9.72. The zero-order valence-corrected chi connectivity index (χ0v) is 14.9. The second kappa shape index (κ2) is 7.89. The highest BCUT2D eigenvalue weighted by Crippen LogP contribution is 2.31. The maximum Gasteiger partial charge on any atom is 0.547 e. The molecule has 9 nitrogen and oxygen atoms in total. The molecule has 2 aliphatic heterocycles. The Morgan fingerprint density at radius 3 is 2.81 bits per heavy atom. The maximum absolute atomic E-state index is 12.4. The van der Waals surface area contributed by atoms with Crippen LogP contribution in [0.4, 0.5) is 0 Å². The van der Waals surface area contributed by atoms with E-state index in [1.54, 1.807) is 26.0 Å². The largest absolute Gasteiger partial charge is 0.547 e. The number of nitrogens with one attached hydrogen (secondary N) is 1. The molecule has 27 heavy (non-hydrogen) atoms. The van der Waals surface area contributed by atoms with Crippen molar-refractivity contribution in [2.45, 2.75) is 39.1 Å². The van der Waals surface area contributed by atoms with Gasteiger partial charge in [-0.2, -0.15) is 0 Å². The minimum absolute atomic E-state index is 0.143. The van der Waals surface area contributed by atoms with Crippen molar-refractivity contribution in [3.05, 3.63) is 40.8 Å². The number of benzene rings is 1. The minimum atomic E-state index is -1.41. The molecule has 0 bridgehead atoms. The third-order valence-corrected chi connectivity index (χ3v) is 4.25. The van der Waals surface area contributed by atoms with Gasteiger partial charge in [-0.3, -0.25) is 4.79 Å². The molecule has 0 aromatic heterocycles. The number of ether oxygens (including phenoxy) is 3. The van der Waals surface area contributed by atoms with Gasteiger partial charge in [0.1, 0.15) is 17.1 Å². The molecule has 0 saturated carbocycles. The van der Waals surface area contributed by atoms with Gasteiger partial charge in [0.2, 0.25) is 5.91 Å². The van der Waals surface area contributed by atoms with E-state index in [0.29, 0.717) is 17.7 Å². The Labute approximate surface area is 156 Å². The summed E-state index contributed by atoms with van der Waals surface area (Å²) in [5, 5.41) is 22.1. The van der Waals surface area contributed by atoms with Crippen molar-refractivity contribution < 1.29 is 38.6 Å². The molecule has 3 rings (SSSR count). The molecule has 0 fully saturated rings. The monoisotopic (exact) mass is 377 g/mol. The molecule has 1 unspecified atom stereocenters. The molecular weight excluding hydrogens is 357 g/mol. The van der Waals surface area contributed by atoms with Crippen molar-refractivity contribution >= 4 is 19.0 Å². The number of amides is 1. The quantitative estimate of drug-likeness (QED) is 0.493. The fourth-order valence-corrected chi connectivity index (χ4v) is 2.81. The average molecular weight is 377 g/mol. The number of hydrogen-bond donors (Lipinski definition) is 3. The Hall–Kier alpha value is -2.72. The minimum Gasteiger partial charge on any atom is -0.534 e. The fraction of sp³-hybridized carbons (Fsp3) is 0.412. The summed E-state index contributed by atoms with van der Waals surface area (Å²) in [5.74, 6) is -0.733. The first-order chi connectivity index (χ1) is 12.9. The summed E-state index contributed by atoms with van der Waals surface area (Å²) in [6.07, 6.45) is 0.606. The van der Waals surface area contributed by atoms with E-state index < -0.39 is 25.5 Å². The van der Waals surface area contributed by atoms with Crippen molar-refractivity contribution in [1.29, 1.82) is 0 Å². The molecule has 1 amide bonds. The second-order valence-corrected chi connectivity index (χ2v) is 6.13. The molecule has 0 aliphatic carbocycles. The lowest BCUT2D eigenvalue weighted by Gasteiger charge is -2.29. The van der Waals surface area contributed by atoms with Crippen LogP contribution in [0.1, 0.15) is 36.2 Å². The number of carbonyl (C=O) groups is 2. The molecule has 0 saturated heterocycles. The maximum atomic E-state index is 12.4. The molecule has 2 aliphatic rings. The number of hydrogen-bond acceptors (Lipinski definition) is 8. The van der Waals surface area contributed by atoms with Crippen LogP contribution in [0.3, 0.4) is 0 Å². The van der Waals surface area contributed by atoms with E-state index >= 15 is 0 Å². The number of esters is 1. The predicted molar refractivity (Wildman–Crippen MR) is 92.1 cm³/mol. The molecule has 3 N–H and O–H groups in total. The van der Waals surface area contributed by atoms with Crippen molar-refractivity contribution in [1.82, 2.24) is 5.32 Å². The first-order valence-corrected chi connectivity index (χ1v) is 8.53. The van der Waals surface area contributed by atoms with Crippen LogP contribution in [-0.4, -0.2) is 48.1 Å². The number of rotatable bonds is 5. The molecule has 0 spiro atoms. The highest BCUT2D eigenvalue weighted by atomic mass is 16.8. The van der Waals surface area contributed by atoms with E-state index in [1.165, 1.54) is 6.07 Å². The number of aliphatic hydroxyl groups excluding tert-OH is 1. The van der Waals surface area contributed by atoms with Gasteiger partial charge < -0.3 is 34.3 Å². The van der Waals surface area contributed by atoms with Gasteiger partial charge in [-0.25, -0.2) is 4.79 Å². The van der Waals surface area contributed by atoms with E-state index in [9.17, 15) is 19.7 Å². The van der Waals surface area contributed by atoms with Gasteiger partial charge in [0.15, 0.2) is 12.4 Å². The topological polar surface area (TPSA) is 124 Å². The highest BCUT2D eigenvalue weighted by molar-refractivity contribution is 6.47. The zero-order valence-electron chi connectivity index (χ0n) is 14.9. The number of aliphatic hydroxyl groups is 1. The summed E-state index contributed by atoms with van der Waals surface area (Å²) in [7, 11) is -1.28. The van der Waals surface area contributed by atoms with Crippen LogP contribution in [0.5, 0.6) is 5.75 Å². The molecule has 1 aromatic carbocycles. The second-order valence-electron chi connectivity index (χ2n) is 6.13. The fourth-order valence-electron chi connectivity index (χ4n) is 2.81. The molecule has 144 valence electrons. The van der Waals surface area contributed by atoms with Crippen molar-refractivity contribution in [2.24, 2.45) is 0 Å². The van der Waals surface area contributed by atoms with Crippen LogP contribution in [0, 0.1) is 0 Å². The summed E-state index contributed by atoms with van der Waals surface area (Å²) in [5.41, 5.74) is 0.812. The number of allylic oxidation sites excluding steroid dienone is 1. The summed E-state index contributed by atoms with van der Waals surface area (Å²) < 4.78 is 20.6. The normalized spacial score (nSPS) is 21.0. The van der Waals surface area contributed by atoms with Gasteiger partial charge in [-0.15, -0.1) is 0 Å². The average Bonchev–Trinajstić information content (AvgIpc) is 2.97. The SMILES string of the molecule is CCC(=O)N[C@H]1Cc2cccc(C(=O)OCC3=C(C)OC(O)O3)c2OB1O. The molecular formula is C17H20BNO8. The van der Waals surface area contributed by atoms with Crippen LogP contribution in [0.25, 0.3) is 0 Å². The van der Waals surface area contributed by atoms with E-state index in [4.69, 9.17) is 18.9 Å². The van der Waals surface area contributed by atoms with Gasteiger partial charge in [-0.1, -0.05) is 19.1 Å². The summed E-state index contributed by atoms with van der Waals surface area (Å²) in [4.78, 5) is 24.0. The van der Waals surface area contributed by atoms with Gasteiger partial charge in [-0.05, 0) is 25.0 Å². The molecule has 1 aromatic rings. The Kier molecular flexibility index (Phi) is 5.57. The van der Waals surface area contributed by atoms with E-state index in [0.717, 1.165) is 0 Å². The van der Waals surface area contributed by atoms with Gasteiger partial charge in [0.05, 0.1) is 5.94 Å². The lowest BCUT2D eigenvalue weighted by Crippen LogP contribution is -2.53. The first-order valence-electron chi connectivity index (χ1n) is 8.53. The van der Waals surface area contributed by atoms with Gasteiger partial charge >= 0.3 is 19.6 Å². The summed E-state index contributed by atoms with van der Waals surface area (Å²) in [6, 6.07) is 4.93. The Morgan fingerprint density at radius 1 is 1.37 bits per heavy atom. The standard InChI is InChI=1S/C17H20BNO8/c1-3-14(20)19-13-7-10-5-4-6-11(15(10)27-18(13)23)16(21)24-8-12-9(2)25-17(22)26-12/h4-6,13,17,22-23H,3,7-8H2,1-2H3,(H,19,20)/t13-,17?/m0/s1. The Balaban J connectivity index is 1.71. The van der Waals surface area contributed by atoms with Gasteiger partial charge in [0, 0.05) is 6.42 Å². The highest BCUT2D eigenvalue weighted by Gasteiger charge is 2.37. The van der Waals surface area contributed by atoms with Crippen molar-refractivity contribution in [3.8, 4) is 5.75 Å². The third kappa shape index (κ3) is 4.17. The smallest absolute Gasteiger partial charge is 0.534 e. The van der Waals surface area contributed by atoms with Gasteiger partial charge in [0.25, 0.3) is 0 Å². The van der Waals surface area contributed by atoms with Crippen LogP contribution in [0.2, 0.25) is 0 Å². The van der Waals surface area contributed by atoms with Crippen LogP contribution >= 0.6 is 0 Å². The van der Waals surface area contributed by atoms with E-state index in [2.05, 4.69) is 5.32 Å². The molecule has 10 heteroatoms. The summed E-state index contributed by atoms with van der Waals surface area (Å²) in [6.45, 7) is 1.66. The number of carbonyl (C=O) groups excluding carboxylic acids is 2.